The third-order valence-electron chi connectivity index (χ3n) is 6.48. The molecular weight excluding hydrogens is 496 g/mol. The summed E-state index contributed by atoms with van der Waals surface area (Å²) < 4.78 is 37.4. The highest BCUT2D eigenvalue weighted by molar-refractivity contribution is 7.86. The van der Waals surface area contributed by atoms with Gasteiger partial charge >= 0.3 is 0 Å². The topological polar surface area (TPSA) is 130 Å². The number of unbranched alkanes of at least 4 members (excludes halogenated alkanes) is 13. The van der Waals surface area contributed by atoms with E-state index >= 15 is 0 Å². The molecule has 1 aromatic carbocycles. The minimum Gasteiger partial charge on any atom is -0.747 e. The smallest absolute Gasteiger partial charge is 0.280 e. The third-order valence-corrected chi connectivity index (χ3v) is 7.71. The molecule has 0 bridgehead atoms. The second kappa shape index (κ2) is 15.9. The summed E-state index contributed by atoms with van der Waals surface area (Å²) in [5.74, 6) is -0.184. The number of hydrogen-bond donors (Lipinski definition) is 2. The Morgan fingerprint density at radius 2 is 1.47 bits per heavy atom. The monoisotopic (exact) mass is 537 g/mol. The second-order valence-corrected chi connectivity index (χ2v) is 11.5. The van der Waals surface area contributed by atoms with E-state index in [2.05, 4.69) is 17.3 Å². The fourth-order valence-corrected chi connectivity index (χ4v) is 5.47. The van der Waals surface area contributed by atoms with Gasteiger partial charge in [0.05, 0.1) is 10.9 Å². The van der Waals surface area contributed by atoms with Gasteiger partial charge in [0.1, 0.15) is 21.2 Å². The highest BCUT2D eigenvalue weighted by atomic mass is 32.2. The molecule has 3 N–H and O–H groups in total. The van der Waals surface area contributed by atoms with Crippen LogP contribution in [0.25, 0.3) is 10.9 Å². The first-order valence-corrected chi connectivity index (χ1v) is 15.2. The first kappa shape index (κ1) is 30.2. The lowest BCUT2D eigenvalue weighted by Gasteiger charge is -2.24. The summed E-state index contributed by atoms with van der Waals surface area (Å²) >= 11 is 4.85. The summed E-state index contributed by atoms with van der Waals surface area (Å²) in [7, 11) is -4.78. The number of rotatable bonds is 18. The van der Waals surface area contributed by atoms with Crippen molar-refractivity contribution in [1.29, 1.82) is 0 Å². The molecule has 8 nitrogen and oxygen atoms in total. The molecule has 0 fully saturated rings. The summed E-state index contributed by atoms with van der Waals surface area (Å²) in [5, 5.41) is -1.44. The van der Waals surface area contributed by atoms with E-state index in [9.17, 15) is 17.8 Å². The molecule has 10 heteroatoms. The molecule has 0 spiro atoms. The van der Waals surface area contributed by atoms with Crippen LogP contribution < -0.4 is 16.7 Å². The molecule has 2 rings (SSSR count). The minimum atomic E-state index is -4.78. The van der Waals surface area contributed by atoms with Gasteiger partial charge in [-0.25, -0.2) is 18.1 Å². The van der Waals surface area contributed by atoms with Crippen LogP contribution in [-0.4, -0.2) is 27.7 Å². The van der Waals surface area contributed by atoms with E-state index in [1.54, 1.807) is 24.3 Å². The predicted octanol–water partition coefficient (Wildman–Crippen LogP) is 5.64. The molecule has 0 saturated carbocycles. The van der Waals surface area contributed by atoms with Crippen LogP contribution >= 0.6 is 12.2 Å². The molecule has 1 unspecified atom stereocenters. The highest BCUT2D eigenvalue weighted by Gasteiger charge is 2.26. The zero-order valence-electron chi connectivity index (χ0n) is 21.4. The molecule has 202 valence electrons. The van der Waals surface area contributed by atoms with Crippen LogP contribution in [0, 0.1) is 0 Å². The van der Waals surface area contributed by atoms with Crippen LogP contribution in [0.3, 0.4) is 0 Å². The predicted molar refractivity (Wildman–Crippen MR) is 150 cm³/mol. The van der Waals surface area contributed by atoms with E-state index in [1.165, 1.54) is 64.2 Å². The van der Waals surface area contributed by atoms with Gasteiger partial charge in [-0.2, -0.15) is 0 Å². The van der Waals surface area contributed by atoms with Gasteiger partial charge in [-0.3, -0.25) is 10.2 Å². The molecule has 0 saturated heterocycles. The number of nitrogens with two attached hydrogens (primary N) is 1. The largest absolute Gasteiger partial charge is 0.747 e. The molecule has 36 heavy (non-hydrogen) atoms. The van der Waals surface area contributed by atoms with Crippen molar-refractivity contribution in [2.24, 2.45) is 5.73 Å². The van der Waals surface area contributed by atoms with Crippen molar-refractivity contribution in [3.63, 3.8) is 0 Å². The number of aromatic nitrogens is 2. The van der Waals surface area contributed by atoms with Crippen molar-refractivity contribution in [3.05, 3.63) is 40.4 Å². The van der Waals surface area contributed by atoms with Crippen LogP contribution in [-0.2, 0) is 10.1 Å². The zero-order chi connectivity index (χ0) is 26.4. The molecule has 1 heterocycles. The molecular formula is C26H41N4O4S2-. The molecule has 0 amide bonds. The van der Waals surface area contributed by atoms with Crippen molar-refractivity contribution in [2.45, 2.75) is 108 Å². The highest BCUT2D eigenvalue weighted by Crippen LogP contribution is 2.27. The van der Waals surface area contributed by atoms with Gasteiger partial charge in [-0.05, 0) is 30.8 Å². The SMILES string of the molecule is CCCCCCCCCCCCCCCCC(c1nc2ccccc2c(=O)n1NC(N)=S)S(=O)(=O)[O-]. The Labute approximate surface area is 220 Å². The Hall–Kier alpha value is -2.04. The molecule has 1 atom stereocenters. The molecule has 0 aliphatic heterocycles. The van der Waals surface area contributed by atoms with Crippen LogP contribution in [0.5, 0.6) is 0 Å². The number of hydrogen-bond acceptors (Lipinski definition) is 6. The number of fused-ring (bicyclic) bond motifs is 1. The van der Waals surface area contributed by atoms with E-state index in [0.717, 1.165) is 23.9 Å². The summed E-state index contributed by atoms with van der Waals surface area (Å²) in [5.41, 5.74) is 7.79. The van der Waals surface area contributed by atoms with Gasteiger partial charge in [0, 0.05) is 0 Å². The van der Waals surface area contributed by atoms with Crippen LogP contribution in [0.1, 0.15) is 114 Å². The summed E-state index contributed by atoms with van der Waals surface area (Å²) in [6.45, 7) is 2.24. The van der Waals surface area contributed by atoms with Crippen LogP contribution in [0.15, 0.2) is 29.1 Å². The van der Waals surface area contributed by atoms with Crippen LogP contribution in [0.2, 0.25) is 0 Å². The Morgan fingerprint density at radius 1 is 0.972 bits per heavy atom. The van der Waals surface area contributed by atoms with Gasteiger partial charge in [0.25, 0.3) is 5.56 Å². The fraction of sp³-hybridized carbons (Fsp3) is 0.654. The summed E-state index contributed by atoms with van der Waals surface area (Å²) in [6.07, 6.45) is 16.5. The second-order valence-electron chi connectivity index (χ2n) is 9.47. The van der Waals surface area contributed by atoms with E-state index in [-0.39, 0.29) is 22.7 Å². The van der Waals surface area contributed by atoms with Crippen molar-refractivity contribution < 1.29 is 13.0 Å². The molecule has 2 aromatic rings. The average molecular weight is 538 g/mol. The van der Waals surface area contributed by atoms with E-state index in [4.69, 9.17) is 18.0 Å². The zero-order valence-corrected chi connectivity index (χ0v) is 23.0. The Bertz CT molecular complexity index is 1120. The number of benzene rings is 1. The van der Waals surface area contributed by atoms with Crippen LogP contribution in [0.4, 0.5) is 0 Å². The van der Waals surface area contributed by atoms with Crippen molar-refractivity contribution in [2.75, 3.05) is 5.43 Å². The fourth-order valence-electron chi connectivity index (χ4n) is 4.51. The molecule has 0 radical (unpaired) electrons. The average Bonchev–Trinajstić information content (AvgIpc) is 2.82. The van der Waals surface area contributed by atoms with Gasteiger partial charge in [0.15, 0.2) is 5.11 Å². The number of nitrogens with zero attached hydrogens (tertiary/aromatic N) is 2. The van der Waals surface area contributed by atoms with E-state index in [0.29, 0.717) is 11.9 Å². The van der Waals surface area contributed by atoms with Gasteiger partial charge in [-0.1, -0.05) is 109 Å². The summed E-state index contributed by atoms with van der Waals surface area (Å²) in [4.78, 5) is 17.3. The van der Waals surface area contributed by atoms with E-state index in [1.807, 2.05) is 0 Å². The first-order valence-electron chi connectivity index (χ1n) is 13.3. The van der Waals surface area contributed by atoms with E-state index < -0.39 is 20.9 Å². The molecule has 0 aliphatic carbocycles. The lowest BCUT2D eigenvalue weighted by Crippen LogP contribution is -2.40. The lowest BCUT2D eigenvalue weighted by atomic mass is 10.0. The number of thiocarbonyl (C=S) groups is 1. The minimum absolute atomic E-state index is 0.0770. The lowest BCUT2D eigenvalue weighted by molar-refractivity contribution is 0.435. The third kappa shape index (κ3) is 10.1. The molecule has 1 aromatic heterocycles. The Morgan fingerprint density at radius 3 is 1.97 bits per heavy atom. The summed E-state index contributed by atoms with van der Waals surface area (Å²) in [6, 6.07) is 6.54. The Balaban J connectivity index is 1.87. The molecule has 0 aliphatic rings. The first-order chi connectivity index (χ1) is 17.3. The van der Waals surface area contributed by atoms with Crippen molar-refractivity contribution in [3.8, 4) is 0 Å². The maximum Gasteiger partial charge on any atom is 0.280 e. The maximum atomic E-state index is 13.0. The quantitative estimate of drug-likeness (QED) is 0.142. The van der Waals surface area contributed by atoms with Gasteiger partial charge < -0.3 is 10.3 Å². The maximum absolute atomic E-state index is 13.0. The number of nitrogens with one attached hydrogen (secondary N) is 1. The van der Waals surface area contributed by atoms with Crippen molar-refractivity contribution in [1.82, 2.24) is 9.66 Å². The number of para-hydroxylation sites is 1. The normalized spacial score (nSPS) is 12.6. The standard InChI is InChI=1S/C26H42N4O4S2/c1-2-3-4-5-6-7-8-9-10-11-12-13-14-15-20-23(36(32,33)34)24-28-22-19-17-16-18-21(22)25(31)30(24)29-26(27)35/h16-19,23H,2-15,20H2,1H3,(H3,27,29,35)(H,32,33,34)/p-1. The Kier molecular flexibility index (Phi) is 13.4. The van der Waals surface area contributed by atoms with Crippen molar-refractivity contribution >= 4 is 38.4 Å². The van der Waals surface area contributed by atoms with Gasteiger partial charge in [-0.15, -0.1) is 0 Å². The van der Waals surface area contributed by atoms with Gasteiger partial charge in [0.2, 0.25) is 0 Å².